The lowest BCUT2D eigenvalue weighted by molar-refractivity contribution is -0.136. The van der Waals surface area contributed by atoms with Gasteiger partial charge in [-0.1, -0.05) is 12.1 Å². The van der Waals surface area contributed by atoms with Crippen molar-refractivity contribution in [3.05, 3.63) is 29.8 Å². The van der Waals surface area contributed by atoms with Gasteiger partial charge in [-0.25, -0.2) is 4.21 Å². The Kier molecular flexibility index (Phi) is 3.64. The van der Waals surface area contributed by atoms with Crippen molar-refractivity contribution < 1.29 is 14.1 Å². The van der Waals surface area contributed by atoms with Crippen molar-refractivity contribution in [3.63, 3.8) is 0 Å². The van der Waals surface area contributed by atoms with Crippen molar-refractivity contribution in [2.24, 2.45) is 0 Å². The van der Waals surface area contributed by atoms with Gasteiger partial charge in [-0.3, -0.25) is 4.79 Å². The summed E-state index contributed by atoms with van der Waals surface area (Å²) in [4.78, 5) is 10.4. The van der Waals surface area contributed by atoms with E-state index < -0.39 is 17.0 Å². The highest BCUT2D eigenvalue weighted by Crippen LogP contribution is 2.10. The third-order valence-corrected chi connectivity index (χ3v) is 2.09. The Bertz CT molecular complexity index is 313. The van der Waals surface area contributed by atoms with Crippen LogP contribution in [-0.2, 0) is 22.2 Å². The van der Waals surface area contributed by atoms with Gasteiger partial charge in [-0.2, -0.15) is 0 Å². The van der Waals surface area contributed by atoms with Crippen LogP contribution in [0.25, 0.3) is 0 Å². The normalized spacial score (nSPS) is 12.1. The molecule has 0 aliphatic rings. The van der Waals surface area contributed by atoms with Gasteiger partial charge in [0.05, 0.1) is 6.42 Å². The Hall–Kier alpha value is -1.36. The molecule has 76 valence electrons. The number of nitrogens with one attached hydrogen (secondary N) is 1. The molecule has 0 bridgehead atoms. The molecular formula is C9H11NO3S. The summed E-state index contributed by atoms with van der Waals surface area (Å²) in [5.41, 5.74) is 1.45. The Morgan fingerprint density at radius 1 is 1.43 bits per heavy atom. The van der Waals surface area contributed by atoms with Crippen molar-refractivity contribution in [1.29, 1.82) is 0 Å². The Balaban J connectivity index is 2.68. The van der Waals surface area contributed by atoms with E-state index in [2.05, 4.69) is 4.72 Å². The summed E-state index contributed by atoms with van der Waals surface area (Å²) in [6.45, 7) is 0. The minimum absolute atomic E-state index is 0.00942. The number of carbonyl (C=O) groups is 1. The Morgan fingerprint density at radius 3 is 2.43 bits per heavy atom. The van der Waals surface area contributed by atoms with E-state index in [-0.39, 0.29) is 6.42 Å². The topological polar surface area (TPSA) is 66.4 Å². The fraction of sp³-hybridized carbons (Fsp3) is 0.222. The molecule has 1 aromatic rings. The lowest BCUT2D eigenvalue weighted by Crippen LogP contribution is -2.02. The summed E-state index contributed by atoms with van der Waals surface area (Å²) in [6.07, 6.45) is 1.54. The molecule has 1 unspecified atom stereocenters. The average Bonchev–Trinajstić information content (AvgIpc) is 2.06. The molecule has 0 aliphatic carbocycles. The number of hydrogen-bond acceptors (Lipinski definition) is 2. The number of carboxylic acids is 1. The van der Waals surface area contributed by atoms with Crippen LogP contribution in [0.1, 0.15) is 5.56 Å². The van der Waals surface area contributed by atoms with Crippen LogP contribution in [0.3, 0.4) is 0 Å². The van der Waals surface area contributed by atoms with Gasteiger partial charge in [-0.15, -0.1) is 0 Å². The van der Waals surface area contributed by atoms with Crippen molar-refractivity contribution in [2.45, 2.75) is 6.42 Å². The number of anilines is 1. The van der Waals surface area contributed by atoms with Crippen LogP contribution < -0.4 is 4.72 Å². The molecule has 4 nitrogen and oxygen atoms in total. The summed E-state index contributed by atoms with van der Waals surface area (Å²) < 4.78 is 13.5. The van der Waals surface area contributed by atoms with E-state index >= 15 is 0 Å². The molecule has 0 saturated heterocycles. The second-order valence-corrected chi connectivity index (χ2v) is 3.94. The predicted octanol–water partition coefficient (Wildman–Crippen LogP) is 1.02. The molecular weight excluding hydrogens is 202 g/mol. The van der Waals surface area contributed by atoms with E-state index in [4.69, 9.17) is 5.11 Å². The van der Waals surface area contributed by atoms with Crippen molar-refractivity contribution in [1.82, 2.24) is 0 Å². The molecule has 2 N–H and O–H groups in total. The summed E-state index contributed by atoms with van der Waals surface area (Å²) in [6, 6.07) is 6.81. The molecule has 0 heterocycles. The maximum Gasteiger partial charge on any atom is 0.307 e. The molecule has 14 heavy (non-hydrogen) atoms. The molecule has 0 radical (unpaired) electrons. The third kappa shape index (κ3) is 3.57. The van der Waals surface area contributed by atoms with Gasteiger partial charge in [0, 0.05) is 11.9 Å². The smallest absolute Gasteiger partial charge is 0.307 e. The monoisotopic (exact) mass is 213 g/mol. The summed E-state index contributed by atoms with van der Waals surface area (Å²) in [5, 5.41) is 8.52. The number of hydrogen-bond donors (Lipinski definition) is 2. The first kappa shape index (κ1) is 10.7. The maximum atomic E-state index is 10.8. The van der Waals surface area contributed by atoms with Crippen LogP contribution in [0.2, 0.25) is 0 Å². The number of aliphatic carboxylic acids is 1. The molecule has 5 heteroatoms. The van der Waals surface area contributed by atoms with E-state index in [1.165, 1.54) is 6.26 Å². The van der Waals surface area contributed by atoms with Gasteiger partial charge in [0.15, 0.2) is 0 Å². The first-order valence-corrected chi connectivity index (χ1v) is 5.54. The molecule has 0 aliphatic heterocycles. The number of rotatable bonds is 4. The van der Waals surface area contributed by atoms with Crippen LogP contribution in [0.15, 0.2) is 24.3 Å². The third-order valence-electron chi connectivity index (χ3n) is 1.57. The summed E-state index contributed by atoms with van der Waals surface area (Å²) in [5.74, 6) is -0.857. The van der Waals surface area contributed by atoms with Crippen LogP contribution in [0.4, 0.5) is 5.69 Å². The molecule has 0 fully saturated rings. The van der Waals surface area contributed by atoms with E-state index in [1.54, 1.807) is 24.3 Å². The van der Waals surface area contributed by atoms with Gasteiger partial charge in [-0.05, 0) is 17.7 Å². The Morgan fingerprint density at radius 2 is 2.00 bits per heavy atom. The van der Waals surface area contributed by atoms with Crippen LogP contribution in [-0.4, -0.2) is 21.5 Å². The molecule has 1 aromatic carbocycles. The first-order chi connectivity index (χ1) is 6.58. The lowest BCUT2D eigenvalue weighted by Gasteiger charge is -2.02. The zero-order valence-electron chi connectivity index (χ0n) is 7.69. The minimum atomic E-state index is -1.10. The van der Waals surface area contributed by atoms with Crippen molar-refractivity contribution in [3.8, 4) is 0 Å². The summed E-state index contributed by atoms with van der Waals surface area (Å²) >= 11 is 0. The predicted molar refractivity (Wildman–Crippen MR) is 55.5 cm³/mol. The molecule has 0 amide bonds. The van der Waals surface area contributed by atoms with E-state index in [0.29, 0.717) is 0 Å². The van der Waals surface area contributed by atoms with Gasteiger partial charge in [0.1, 0.15) is 11.0 Å². The lowest BCUT2D eigenvalue weighted by atomic mass is 10.1. The average molecular weight is 213 g/mol. The fourth-order valence-corrected chi connectivity index (χ4v) is 1.50. The highest BCUT2D eigenvalue weighted by atomic mass is 32.2. The van der Waals surface area contributed by atoms with Gasteiger partial charge >= 0.3 is 5.97 Å². The number of carboxylic acid groups (broad SMARTS) is 1. The Labute approximate surface area is 84.5 Å². The van der Waals surface area contributed by atoms with Gasteiger partial charge in [0.2, 0.25) is 0 Å². The SMILES string of the molecule is CS(=O)Nc1ccc(CC(=O)O)cc1. The largest absolute Gasteiger partial charge is 0.481 e. The quantitative estimate of drug-likeness (QED) is 0.784. The molecule has 0 aromatic heterocycles. The van der Waals surface area contributed by atoms with Crippen LogP contribution in [0, 0.1) is 0 Å². The zero-order chi connectivity index (χ0) is 10.6. The van der Waals surface area contributed by atoms with Gasteiger partial charge in [0.25, 0.3) is 0 Å². The van der Waals surface area contributed by atoms with E-state index in [1.807, 2.05) is 0 Å². The standard InChI is InChI=1S/C9H11NO3S/c1-14(13)10-8-4-2-7(3-5-8)6-9(11)12/h2-5,10H,6H2,1H3,(H,11,12). The molecule has 0 saturated carbocycles. The highest BCUT2D eigenvalue weighted by Gasteiger charge is 2.00. The second kappa shape index (κ2) is 4.76. The van der Waals surface area contributed by atoms with Crippen LogP contribution in [0.5, 0.6) is 0 Å². The zero-order valence-corrected chi connectivity index (χ0v) is 8.50. The molecule has 1 rings (SSSR count). The minimum Gasteiger partial charge on any atom is -0.481 e. The second-order valence-electron chi connectivity index (χ2n) is 2.82. The highest BCUT2D eigenvalue weighted by molar-refractivity contribution is 7.85. The van der Waals surface area contributed by atoms with Crippen LogP contribution >= 0.6 is 0 Å². The fourth-order valence-electron chi connectivity index (χ4n) is 1.03. The number of benzene rings is 1. The first-order valence-electron chi connectivity index (χ1n) is 3.99. The molecule has 1 atom stereocenters. The summed E-state index contributed by atoms with van der Waals surface area (Å²) in [7, 11) is -1.10. The van der Waals surface area contributed by atoms with Crippen molar-refractivity contribution >= 4 is 22.6 Å². The van der Waals surface area contributed by atoms with Gasteiger partial charge < -0.3 is 9.83 Å². The van der Waals surface area contributed by atoms with Crippen molar-refractivity contribution in [2.75, 3.05) is 11.0 Å². The van der Waals surface area contributed by atoms with E-state index in [9.17, 15) is 9.00 Å². The van der Waals surface area contributed by atoms with E-state index in [0.717, 1.165) is 11.3 Å². The molecule has 0 spiro atoms. The maximum absolute atomic E-state index is 10.8.